The molecule has 1 aromatic rings. The third-order valence-electron chi connectivity index (χ3n) is 1.06. The highest BCUT2D eigenvalue weighted by Crippen LogP contribution is 1.96. The lowest BCUT2D eigenvalue weighted by Crippen LogP contribution is -1.93. The molecule has 0 aliphatic heterocycles. The van der Waals surface area contributed by atoms with Gasteiger partial charge in [-0.15, -0.1) is 6.42 Å². The van der Waals surface area contributed by atoms with E-state index in [4.69, 9.17) is 6.42 Å². The zero-order valence-electron chi connectivity index (χ0n) is 5.63. The highest BCUT2D eigenvalue weighted by atomic mass is 15.0. The van der Waals surface area contributed by atoms with E-state index in [1.807, 2.05) is 0 Å². The van der Waals surface area contributed by atoms with Crippen LogP contribution in [0.1, 0.15) is 5.69 Å². The van der Waals surface area contributed by atoms with Gasteiger partial charge in [0.25, 0.3) is 0 Å². The monoisotopic (exact) mass is 133 g/mol. The second-order valence-corrected chi connectivity index (χ2v) is 1.68. The molecule has 0 aromatic carbocycles. The van der Waals surface area contributed by atoms with Crippen LogP contribution in [-0.4, -0.2) is 17.0 Å². The normalized spacial score (nSPS) is 8.40. The largest absolute Gasteiger partial charge is 0.372 e. The molecule has 0 atom stereocenters. The van der Waals surface area contributed by atoms with E-state index in [0.29, 0.717) is 5.69 Å². The van der Waals surface area contributed by atoms with E-state index in [1.165, 1.54) is 0 Å². The van der Waals surface area contributed by atoms with Gasteiger partial charge in [-0.1, -0.05) is 0 Å². The van der Waals surface area contributed by atoms with Gasteiger partial charge in [0.2, 0.25) is 0 Å². The summed E-state index contributed by atoms with van der Waals surface area (Å²) in [4.78, 5) is 7.86. The summed E-state index contributed by atoms with van der Waals surface area (Å²) in [6.45, 7) is 0. The summed E-state index contributed by atoms with van der Waals surface area (Å²) in [6, 6.07) is 0. The fourth-order valence-corrected chi connectivity index (χ4v) is 0.532. The Labute approximate surface area is 59.5 Å². The Balaban J connectivity index is 2.93. The number of rotatable bonds is 1. The van der Waals surface area contributed by atoms with Crippen LogP contribution in [0.25, 0.3) is 0 Å². The third kappa shape index (κ3) is 1.23. The van der Waals surface area contributed by atoms with Crippen LogP contribution in [-0.2, 0) is 0 Å². The smallest absolute Gasteiger partial charge is 0.144 e. The van der Waals surface area contributed by atoms with Crippen LogP contribution < -0.4 is 5.32 Å². The third-order valence-corrected chi connectivity index (χ3v) is 1.06. The minimum absolute atomic E-state index is 0.555. The van der Waals surface area contributed by atoms with Gasteiger partial charge in [-0.3, -0.25) is 0 Å². The molecule has 0 amide bonds. The molecule has 0 bridgehead atoms. The minimum atomic E-state index is 0.555. The van der Waals surface area contributed by atoms with E-state index in [2.05, 4.69) is 21.2 Å². The number of nitrogens with one attached hydrogen (secondary N) is 1. The molecule has 0 unspecified atom stereocenters. The van der Waals surface area contributed by atoms with Gasteiger partial charge in [-0.05, 0) is 5.92 Å². The van der Waals surface area contributed by atoms with Crippen LogP contribution in [0.4, 0.5) is 5.82 Å². The molecular formula is C7H7N3. The lowest BCUT2D eigenvalue weighted by atomic mass is 10.5. The van der Waals surface area contributed by atoms with E-state index in [0.717, 1.165) is 5.82 Å². The molecule has 0 aliphatic rings. The molecule has 3 nitrogen and oxygen atoms in total. The van der Waals surface area contributed by atoms with Crippen molar-refractivity contribution in [2.24, 2.45) is 0 Å². The SMILES string of the molecule is C#Cc1cnc(NC)cn1. The molecule has 1 rings (SSSR count). The van der Waals surface area contributed by atoms with Crippen molar-refractivity contribution in [1.82, 2.24) is 9.97 Å². The van der Waals surface area contributed by atoms with Crippen LogP contribution in [0, 0.1) is 12.3 Å². The Hall–Kier alpha value is -1.56. The standard InChI is InChI=1S/C7H7N3/c1-3-6-4-10-7(8-2)5-9-6/h1,4-5H,2H3,(H,8,10). The van der Waals surface area contributed by atoms with Gasteiger partial charge in [-0.25, -0.2) is 9.97 Å². The van der Waals surface area contributed by atoms with Gasteiger partial charge in [-0.2, -0.15) is 0 Å². The summed E-state index contributed by atoms with van der Waals surface area (Å²) in [5.74, 6) is 3.10. The molecule has 1 heterocycles. The molecule has 50 valence electrons. The van der Waals surface area contributed by atoms with E-state index in [9.17, 15) is 0 Å². The number of terminal acetylenes is 1. The van der Waals surface area contributed by atoms with Gasteiger partial charge in [0.1, 0.15) is 11.5 Å². The Bertz CT molecular complexity index is 245. The predicted molar refractivity (Wildman–Crippen MR) is 39.5 cm³/mol. The fraction of sp³-hybridized carbons (Fsp3) is 0.143. The first-order chi connectivity index (χ1) is 4.86. The van der Waals surface area contributed by atoms with E-state index < -0.39 is 0 Å². The second kappa shape index (κ2) is 2.83. The minimum Gasteiger partial charge on any atom is -0.372 e. The predicted octanol–water partition coefficient (Wildman–Crippen LogP) is 0.500. The molecule has 0 saturated heterocycles. The Kier molecular flexibility index (Phi) is 1.86. The quantitative estimate of drug-likeness (QED) is 0.567. The van der Waals surface area contributed by atoms with Crippen molar-refractivity contribution in [1.29, 1.82) is 0 Å². The zero-order chi connectivity index (χ0) is 7.40. The van der Waals surface area contributed by atoms with Crippen molar-refractivity contribution < 1.29 is 0 Å². The van der Waals surface area contributed by atoms with Crippen molar-refractivity contribution in [3.63, 3.8) is 0 Å². The maximum atomic E-state index is 5.07. The highest BCUT2D eigenvalue weighted by Gasteiger charge is 1.89. The Morgan fingerprint density at radius 3 is 2.70 bits per heavy atom. The number of aromatic nitrogens is 2. The molecule has 0 radical (unpaired) electrons. The summed E-state index contributed by atoms with van der Waals surface area (Å²) >= 11 is 0. The summed E-state index contributed by atoms with van der Waals surface area (Å²) < 4.78 is 0. The van der Waals surface area contributed by atoms with Gasteiger partial charge >= 0.3 is 0 Å². The summed E-state index contributed by atoms with van der Waals surface area (Å²) in [6.07, 6.45) is 8.21. The molecule has 0 saturated carbocycles. The number of nitrogens with zero attached hydrogens (tertiary/aromatic N) is 2. The molecule has 0 spiro atoms. The summed E-state index contributed by atoms with van der Waals surface area (Å²) in [7, 11) is 1.78. The van der Waals surface area contributed by atoms with Crippen molar-refractivity contribution in [3.05, 3.63) is 18.1 Å². The maximum absolute atomic E-state index is 5.07. The lowest BCUT2D eigenvalue weighted by molar-refractivity contribution is 1.16. The number of hydrogen-bond acceptors (Lipinski definition) is 3. The average Bonchev–Trinajstić information content (AvgIpc) is 2.05. The Morgan fingerprint density at radius 2 is 2.30 bits per heavy atom. The maximum Gasteiger partial charge on any atom is 0.144 e. The first kappa shape index (κ1) is 6.56. The molecule has 0 fully saturated rings. The van der Waals surface area contributed by atoms with Gasteiger partial charge in [0.15, 0.2) is 0 Å². The lowest BCUT2D eigenvalue weighted by Gasteiger charge is -1.95. The van der Waals surface area contributed by atoms with E-state index in [1.54, 1.807) is 19.4 Å². The average molecular weight is 133 g/mol. The van der Waals surface area contributed by atoms with Gasteiger partial charge in [0, 0.05) is 7.05 Å². The van der Waals surface area contributed by atoms with Crippen LogP contribution in [0.15, 0.2) is 12.4 Å². The van der Waals surface area contributed by atoms with Crippen molar-refractivity contribution in [2.75, 3.05) is 12.4 Å². The Morgan fingerprint density at radius 1 is 1.50 bits per heavy atom. The van der Waals surface area contributed by atoms with Crippen molar-refractivity contribution >= 4 is 5.82 Å². The first-order valence-electron chi connectivity index (χ1n) is 2.83. The van der Waals surface area contributed by atoms with Gasteiger partial charge < -0.3 is 5.32 Å². The van der Waals surface area contributed by atoms with Crippen molar-refractivity contribution in [2.45, 2.75) is 0 Å². The summed E-state index contributed by atoms with van der Waals surface area (Å²) in [5.41, 5.74) is 0.555. The van der Waals surface area contributed by atoms with Crippen molar-refractivity contribution in [3.8, 4) is 12.3 Å². The fourth-order valence-electron chi connectivity index (χ4n) is 0.532. The van der Waals surface area contributed by atoms with Gasteiger partial charge in [0.05, 0.1) is 12.4 Å². The molecule has 1 N–H and O–H groups in total. The molecule has 10 heavy (non-hydrogen) atoms. The van der Waals surface area contributed by atoms with Crippen LogP contribution >= 0.6 is 0 Å². The van der Waals surface area contributed by atoms with Crippen LogP contribution in [0.5, 0.6) is 0 Å². The first-order valence-corrected chi connectivity index (χ1v) is 2.83. The highest BCUT2D eigenvalue weighted by molar-refractivity contribution is 5.32. The molecule has 1 aromatic heterocycles. The molecule has 3 heteroatoms. The number of hydrogen-bond donors (Lipinski definition) is 1. The van der Waals surface area contributed by atoms with E-state index in [-0.39, 0.29) is 0 Å². The zero-order valence-corrected chi connectivity index (χ0v) is 5.63. The number of anilines is 1. The van der Waals surface area contributed by atoms with Crippen LogP contribution in [0.3, 0.4) is 0 Å². The van der Waals surface area contributed by atoms with E-state index >= 15 is 0 Å². The summed E-state index contributed by atoms with van der Waals surface area (Å²) in [5, 5.41) is 2.84. The van der Waals surface area contributed by atoms with Crippen LogP contribution in [0.2, 0.25) is 0 Å². The molecule has 0 aliphatic carbocycles. The topological polar surface area (TPSA) is 37.8 Å². The second-order valence-electron chi connectivity index (χ2n) is 1.68. The molecular weight excluding hydrogens is 126 g/mol.